The first-order chi connectivity index (χ1) is 11.2. The van der Waals surface area contributed by atoms with Crippen LogP contribution < -0.4 is 4.35 Å². The number of carbonyl (C=O) groups is 1. The Kier molecular flexibility index (Phi) is 5.19. The number of aliphatic carboxylic acids is 1. The minimum atomic E-state index is -0.685. The summed E-state index contributed by atoms with van der Waals surface area (Å²) in [6.07, 6.45) is 1.54. The zero-order chi connectivity index (χ0) is 16.1. The van der Waals surface area contributed by atoms with Gasteiger partial charge in [-0.05, 0) is 0 Å². The van der Waals surface area contributed by atoms with Gasteiger partial charge < -0.3 is 0 Å². The number of likely N-dealkylation sites (tertiary alicyclic amines) is 1. The van der Waals surface area contributed by atoms with Gasteiger partial charge in [-0.3, -0.25) is 0 Å². The molecular formula is C19H22AsNO2. The molecule has 1 heterocycles. The van der Waals surface area contributed by atoms with Crippen molar-refractivity contribution in [3.05, 3.63) is 66.2 Å². The van der Waals surface area contributed by atoms with Crippen LogP contribution in [0.25, 0.3) is 0 Å². The molecule has 3 rings (SSSR count). The molecule has 0 aromatic heterocycles. The first kappa shape index (κ1) is 16.3. The molecular weight excluding hydrogens is 349 g/mol. The molecule has 0 bridgehead atoms. The molecule has 0 aliphatic carbocycles. The average Bonchev–Trinajstić information content (AvgIpc) is 2.58. The molecule has 0 radical (unpaired) electrons. The molecule has 1 unspecified atom stereocenters. The Bertz CT molecular complexity index is 637. The molecule has 0 amide bonds. The van der Waals surface area contributed by atoms with Gasteiger partial charge in [-0.15, -0.1) is 0 Å². The number of piperidine rings is 1. The molecule has 3 nitrogen and oxygen atoms in total. The van der Waals surface area contributed by atoms with E-state index in [-0.39, 0.29) is 0 Å². The molecule has 1 aliphatic heterocycles. The van der Waals surface area contributed by atoms with Gasteiger partial charge >= 0.3 is 144 Å². The number of rotatable bonds is 5. The van der Waals surface area contributed by atoms with E-state index in [1.54, 1.807) is 0 Å². The molecule has 120 valence electrons. The van der Waals surface area contributed by atoms with Gasteiger partial charge in [0.2, 0.25) is 0 Å². The van der Waals surface area contributed by atoms with Crippen LogP contribution in [0.3, 0.4) is 0 Å². The van der Waals surface area contributed by atoms with Crippen LogP contribution in [0.1, 0.15) is 18.4 Å². The Hall–Kier alpha value is -1.57. The molecule has 1 fully saturated rings. The molecule has 2 aromatic rings. The summed E-state index contributed by atoms with van der Waals surface area (Å²) in [4.78, 5) is 14.3. The van der Waals surface area contributed by atoms with E-state index in [1.807, 2.05) is 24.3 Å². The molecule has 2 aromatic carbocycles. The Morgan fingerprint density at radius 3 is 2.13 bits per heavy atom. The van der Waals surface area contributed by atoms with Gasteiger partial charge in [-0.1, -0.05) is 0 Å². The normalized spacial score (nSPS) is 18.3. The SMILES string of the molecule is O=C(O)C1([AsH]c2ccccc2)CCN(Cc2ccccc2)CC1. The van der Waals surface area contributed by atoms with E-state index >= 15 is 0 Å². The van der Waals surface area contributed by atoms with Gasteiger partial charge in [-0.25, -0.2) is 0 Å². The third kappa shape index (κ3) is 4.04. The predicted octanol–water partition coefficient (Wildman–Crippen LogP) is 2.29. The van der Waals surface area contributed by atoms with Gasteiger partial charge in [0, 0.05) is 0 Å². The van der Waals surface area contributed by atoms with Crippen molar-refractivity contribution in [3.63, 3.8) is 0 Å². The van der Waals surface area contributed by atoms with Crippen LogP contribution in [0.5, 0.6) is 0 Å². The molecule has 1 saturated heterocycles. The fourth-order valence-electron chi connectivity index (χ4n) is 3.12. The molecule has 1 N–H and O–H groups in total. The van der Waals surface area contributed by atoms with Gasteiger partial charge in [-0.2, -0.15) is 0 Å². The number of carboxylic acid groups (broad SMARTS) is 1. The Morgan fingerprint density at radius 1 is 1.00 bits per heavy atom. The van der Waals surface area contributed by atoms with Crippen molar-refractivity contribution in [2.24, 2.45) is 0 Å². The molecule has 0 spiro atoms. The van der Waals surface area contributed by atoms with Gasteiger partial charge in [0.25, 0.3) is 0 Å². The summed E-state index contributed by atoms with van der Waals surface area (Å²) in [7, 11) is 0. The van der Waals surface area contributed by atoms with Crippen molar-refractivity contribution in [2.45, 2.75) is 23.6 Å². The second-order valence-corrected chi connectivity index (χ2v) is 9.88. The van der Waals surface area contributed by atoms with Crippen LogP contribution >= 0.6 is 0 Å². The summed E-state index contributed by atoms with van der Waals surface area (Å²) in [6.45, 7) is 2.66. The number of benzene rings is 2. The van der Waals surface area contributed by atoms with Crippen molar-refractivity contribution < 1.29 is 9.90 Å². The van der Waals surface area contributed by atoms with Crippen molar-refractivity contribution >= 4 is 26.1 Å². The maximum absolute atomic E-state index is 12.0. The summed E-state index contributed by atoms with van der Waals surface area (Å²) in [5.74, 6) is -0.597. The quantitative estimate of drug-likeness (QED) is 0.820. The number of hydrogen-bond donors (Lipinski definition) is 1. The topological polar surface area (TPSA) is 40.5 Å². The van der Waals surface area contributed by atoms with Crippen LogP contribution in [-0.2, 0) is 11.3 Å². The zero-order valence-electron chi connectivity index (χ0n) is 13.1. The summed E-state index contributed by atoms with van der Waals surface area (Å²) in [5.41, 5.74) is 1.30. The fraction of sp³-hybridized carbons (Fsp3) is 0.316. The van der Waals surface area contributed by atoms with Crippen LogP contribution in [0.2, 0.25) is 4.20 Å². The van der Waals surface area contributed by atoms with E-state index < -0.39 is 25.9 Å². The van der Waals surface area contributed by atoms with Crippen LogP contribution in [0.15, 0.2) is 60.7 Å². The third-order valence-corrected chi connectivity index (χ3v) is 8.33. The fourth-order valence-corrected chi connectivity index (χ4v) is 6.26. The number of carboxylic acids is 1. The second kappa shape index (κ2) is 7.33. The number of hydrogen-bond acceptors (Lipinski definition) is 2. The van der Waals surface area contributed by atoms with Gasteiger partial charge in [0.05, 0.1) is 0 Å². The standard InChI is InChI=1S/C19H22AsNO2/c22-18(23)19(20-17-9-5-2-6-10-17)11-13-21(14-12-19)15-16-7-3-1-4-8-16/h1-10,20H,11-15H2,(H,22,23). The van der Waals surface area contributed by atoms with E-state index in [9.17, 15) is 9.90 Å². The molecule has 0 saturated carbocycles. The molecule has 23 heavy (non-hydrogen) atoms. The summed E-state index contributed by atoms with van der Waals surface area (Å²) in [5, 5.41) is 9.84. The number of nitrogens with zero attached hydrogens (tertiary/aromatic N) is 1. The van der Waals surface area contributed by atoms with Gasteiger partial charge in [0.15, 0.2) is 0 Å². The Balaban J connectivity index is 1.65. The molecule has 1 aliphatic rings. The molecule has 4 heteroatoms. The average molecular weight is 371 g/mol. The Morgan fingerprint density at radius 2 is 1.57 bits per heavy atom. The van der Waals surface area contributed by atoms with E-state index in [0.29, 0.717) is 0 Å². The first-order valence-corrected chi connectivity index (χ1v) is 10.1. The zero-order valence-corrected chi connectivity index (χ0v) is 15.2. The monoisotopic (exact) mass is 371 g/mol. The minimum absolute atomic E-state index is 0.492. The van der Waals surface area contributed by atoms with Crippen molar-refractivity contribution in [1.82, 2.24) is 4.90 Å². The van der Waals surface area contributed by atoms with Crippen molar-refractivity contribution in [2.75, 3.05) is 13.1 Å². The van der Waals surface area contributed by atoms with E-state index in [2.05, 4.69) is 41.3 Å². The second-order valence-electron chi connectivity index (χ2n) is 6.14. The summed E-state index contributed by atoms with van der Waals surface area (Å²) < 4.78 is 0.751. The first-order valence-electron chi connectivity index (χ1n) is 8.01. The summed E-state index contributed by atoms with van der Waals surface area (Å²) in [6, 6.07) is 20.6. The maximum atomic E-state index is 12.0. The van der Waals surface area contributed by atoms with Crippen LogP contribution in [-0.4, -0.2) is 44.8 Å². The van der Waals surface area contributed by atoms with Crippen molar-refractivity contribution in [3.8, 4) is 0 Å². The molecule has 1 atom stereocenters. The third-order valence-electron chi connectivity index (χ3n) is 4.53. The van der Waals surface area contributed by atoms with Gasteiger partial charge in [0.1, 0.15) is 0 Å². The van der Waals surface area contributed by atoms with Crippen molar-refractivity contribution in [1.29, 1.82) is 0 Å². The van der Waals surface area contributed by atoms with E-state index in [4.69, 9.17) is 0 Å². The van der Waals surface area contributed by atoms with Crippen LogP contribution in [0, 0.1) is 0 Å². The van der Waals surface area contributed by atoms with E-state index in [1.165, 1.54) is 9.91 Å². The summed E-state index contributed by atoms with van der Waals surface area (Å²) >= 11 is -0.685. The van der Waals surface area contributed by atoms with E-state index in [0.717, 1.165) is 32.5 Å². The Labute approximate surface area is 144 Å². The predicted molar refractivity (Wildman–Crippen MR) is 94.5 cm³/mol. The van der Waals surface area contributed by atoms with Crippen LogP contribution in [0.4, 0.5) is 0 Å².